The van der Waals surface area contributed by atoms with Gasteiger partial charge in [0.15, 0.2) is 17.8 Å². The molecule has 0 bridgehead atoms. The van der Waals surface area contributed by atoms with Crippen LogP contribution < -0.4 is 0 Å². The Morgan fingerprint density at radius 1 is 1.28 bits per heavy atom. The molecule has 1 aliphatic rings. The highest BCUT2D eigenvalue weighted by atomic mass is 19.1. The van der Waals surface area contributed by atoms with Gasteiger partial charge in [0, 0.05) is 12.0 Å². The third-order valence-electron chi connectivity index (χ3n) is 4.89. The Balaban J connectivity index is 1.82. The molecule has 1 N–H and O–H groups in total. The van der Waals surface area contributed by atoms with Crippen LogP contribution in [-0.2, 0) is 11.2 Å². The standard InChI is InChI=1S/C20H21FN2O2/c1-2-13-10-19(24)17(21)11-16(13)14-6-7-15-12-22-23(18(15)9-14)20-5-3-4-8-25-20/h6-7,9-12,20,24H,2-5,8H2,1H3. The molecule has 0 aliphatic carbocycles. The first-order valence-electron chi connectivity index (χ1n) is 8.78. The number of fused-ring (bicyclic) bond motifs is 1. The van der Waals surface area contributed by atoms with Crippen molar-refractivity contribution in [1.82, 2.24) is 9.78 Å². The zero-order valence-electron chi connectivity index (χ0n) is 14.2. The fourth-order valence-electron chi connectivity index (χ4n) is 3.52. The van der Waals surface area contributed by atoms with Crippen LogP contribution in [-0.4, -0.2) is 21.5 Å². The number of halogens is 1. The molecule has 1 saturated heterocycles. The third kappa shape index (κ3) is 2.89. The van der Waals surface area contributed by atoms with E-state index in [-0.39, 0.29) is 12.0 Å². The van der Waals surface area contributed by atoms with E-state index in [2.05, 4.69) is 5.10 Å². The maximum atomic E-state index is 13.9. The van der Waals surface area contributed by atoms with Crippen LogP contribution in [0.25, 0.3) is 22.0 Å². The van der Waals surface area contributed by atoms with Gasteiger partial charge in [-0.3, -0.25) is 0 Å². The molecular weight excluding hydrogens is 319 g/mol. The monoisotopic (exact) mass is 340 g/mol. The van der Waals surface area contributed by atoms with E-state index in [4.69, 9.17) is 4.74 Å². The van der Waals surface area contributed by atoms with Gasteiger partial charge in [-0.2, -0.15) is 5.10 Å². The molecule has 1 fully saturated rings. The lowest BCUT2D eigenvalue weighted by Gasteiger charge is -2.23. The predicted octanol–water partition coefficient (Wildman–Crippen LogP) is 4.81. The molecule has 4 rings (SSSR count). The molecule has 2 aromatic carbocycles. The summed E-state index contributed by atoms with van der Waals surface area (Å²) in [6.45, 7) is 2.75. The molecule has 5 heteroatoms. The van der Waals surface area contributed by atoms with Crippen LogP contribution in [0.15, 0.2) is 36.5 Å². The van der Waals surface area contributed by atoms with Crippen molar-refractivity contribution in [3.05, 3.63) is 47.9 Å². The van der Waals surface area contributed by atoms with E-state index in [0.717, 1.165) is 53.5 Å². The van der Waals surface area contributed by atoms with Crippen LogP contribution in [0.2, 0.25) is 0 Å². The summed E-state index contributed by atoms with van der Waals surface area (Å²) in [4.78, 5) is 0. The van der Waals surface area contributed by atoms with E-state index >= 15 is 0 Å². The lowest BCUT2D eigenvalue weighted by Crippen LogP contribution is -2.18. The number of phenols is 1. The number of nitrogens with zero attached hydrogens (tertiary/aromatic N) is 2. The van der Waals surface area contributed by atoms with E-state index in [1.807, 2.05) is 36.0 Å². The summed E-state index contributed by atoms with van der Waals surface area (Å²) >= 11 is 0. The van der Waals surface area contributed by atoms with Gasteiger partial charge in [-0.25, -0.2) is 9.07 Å². The van der Waals surface area contributed by atoms with Gasteiger partial charge in [0.1, 0.15) is 0 Å². The third-order valence-corrected chi connectivity index (χ3v) is 4.89. The first kappa shape index (κ1) is 16.1. The number of benzene rings is 2. The molecule has 0 amide bonds. The number of ether oxygens (including phenoxy) is 1. The SMILES string of the molecule is CCc1cc(O)c(F)cc1-c1ccc2cnn(C3CCCCO3)c2c1. The number of hydrogen-bond donors (Lipinski definition) is 1. The van der Waals surface area contributed by atoms with E-state index in [0.29, 0.717) is 6.42 Å². The summed E-state index contributed by atoms with van der Waals surface area (Å²) in [6, 6.07) is 8.93. The van der Waals surface area contributed by atoms with Crippen LogP contribution in [0.1, 0.15) is 38.0 Å². The topological polar surface area (TPSA) is 47.3 Å². The minimum atomic E-state index is -0.601. The Morgan fingerprint density at radius 3 is 2.92 bits per heavy atom. The predicted molar refractivity (Wildman–Crippen MR) is 95.0 cm³/mol. The lowest BCUT2D eigenvalue weighted by molar-refractivity contribution is -0.0366. The number of rotatable bonds is 3. The van der Waals surface area contributed by atoms with Gasteiger partial charge >= 0.3 is 0 Å². The second-order valence-corrected chi connectivity index (χ2v) is 6.50. The van der Waals surface area contributed by atoms with Crippen molar-refractivity contribution in [2.24, 2.45) is 0 Å². The molecule has 0 radical (unpaired) electrons. The Morgan fingerprint density at radius 2 is 2.16 bits per heavy atom. The van der Waals surface area contributed by atoms with Gasteiger partial charge in [-0.1, -0.05) is 19.1 Å². The molecule has 1 atom stereocenters. The Bertz CT molecular complexity index is 913. The lowest BCUT2D eigenvalue weighted by atomic mass is 9.97. The van der Waals surface area contributed by atoms with Gasteiger partial charge in [0.2, 0.25) is 0 Å². The second-order valence-electron chi connectivity index (χ2n) is 6.50. The number of aromatic nitrogens is 2. The van der Waals surface area contributed by atoms with Gasteiger partial charge in [0.25, 0.3) is 0 Å². The molecular formula is C20H21FN2O2. The van der Waals surface area contributed by atoms with E-state index < -0.39 is 5.82 Å². The zero-order valence-corrected chi connectivity index (χ0v) is 14.2. The summed E-state index contributed by atoms with van der Waals surface area (Å²) in [7, 11) is 0. The van der Waals surface area contributed by atoms with Crippen molar-refractivity contribution >= 4 is 10.9 Å². The number of aromatic hydroxyl groups is 1. The van der Waals surface area contributed by atoms with Gasteiger partial charge in [-0.15, -0.1) is 0 Å². The summed E-state index contributed by atoms with van der Waals surface area (Å²) in [5, 5.41) is 15.2. The molecule has 1 unspecified atom stereocenters. The molecule has 2 heterocycles. The Kier molecular flexibility index (Phi) is 4.17. The van der Waals surface area contributed by atoms with Gasteiger partial charge in [-0.05, 0) is 60.6 Å². The Labute approximate surface area is 145 Å². The molecule has 3 aromatic rings. The molecule has 130 valence electrons. The smallest absolute Gasteiger partial charge is 0.165 e. The second kappa shape index (κ2) is 6.48. The fourth-order valence-corrected chi connectivity index (χ4v) is 3.52. The van der Waals surface area contributed by atoms with Crippen LogP contribution in [0, 0.1) is 5.82 Å². The molecule has 25 heavy (non-hydrogen) atoms. The molecule has 1 aliphatic heterocycles. The van der Waals surface area contributed by atoms with Crippen molar-refractivity contribution < 1.29 is 14.2 Å². The highest BCUT2D eigenvalue weighted by Gasteiger charge is 2.19. The fraction of sp³-hybridized carbons (Fsp3) is 0.350. The zero-order chi connectivity index (χ0) is 17.4. The normalized spacial score (nSPS) is 17.9. The summed E-state index contributed by atoms with van der Waals surface area (Å²) in [5.41, 5.74) is 3.62. The summed E-state index contributed by atoms with van der Waals surface area (Å²) < 4.78 is 21.7. The first-order chi connectivity index (χ1) is 12.2. The molecule has 4 nitrogen and oxygen atoms in total. The molecule has 0 spiro atoms. The maximum Gasteiger partial charge on any atom is 0.165 e. The number of aryl methyl sites for hydroxylation is 1. The summed E-state index contributed by atoms with van der Waals surface area (Å²) in [6.07, 6.45) is 5.70. The highest BCUT2D eigenvalue weighted by molar-refractivity contribution is 5.85. The number of hydrogen-bond acceptors (Lipinski definition) is 3. The number of phenolic OH excluding ortho intramolecular Hbond substituents is 1. The first-order valence-corrected chi connectivity index (χ1v) is 8.78. The van der Waals surface area contributed by atoms with Gasteiger partial charge < -0.3 is 9.84 Å². The van der Waals surface area contributed by atoms with Crippen LogP contribution in [0.5, 0.6) is 5.75 Å². The van der Waals surface area contributed by atoms with Crippen LogP contribution in [0.3, 0.4) is 0 Å². The van der Waals surface area contributed by atoms with Crippen LogP contribution in [0.4, 0.5) is 4.39 Å². The highest BCUT2D eigenvalue weighted by Crippen LogP contribution is 2.33. The average Bonchev–Trinajstić information content (AvgIpc) is 3.07. The largest absolute Gasteiger partial charge is 0.505 e. The molecule has 0 saturated carbocycles. The van der Waals surface area contributed by atoms with E-state index in [1.54, 1.807) is 0 Å². The minimum Gasteiger partial charge on any atom is -0.505 e. The minimum absolute atomic E-state index is 0.0382. The van der Waals surface area contributed by atoms with Crippen LogP contribution >= 0.6 is 0 Å². The van der Waals surface area contributed by atoms with E-state index in [1.165, 1.54) is 12.1 Å². The van der Waals surface area contributed by atoms with Crippen molar-refractivity contribution in [3.63, 3.8) is 0 Å². The summed E-state index contributed by atoms with van der Waals surface area (Å²) in [5.74, 6) is -0.904. The van der Waals surface area contributed by atoms with Crippen molar-refractivity contribution in [2.75, 3.05) is 6.61 Å². The Hall–Kier alpha value is -2.40. The quantitative estimate of drug-likeness (QED) is 0.744. The average molecular weight is 340 g/mol. The van der Waals surface area contributed by atoms with Crippen molar-refractivity contribution in [3.8, 4) is 16.9 Å². The van der Waals surface area contributed by atoms with Gasteiger partial charge in [0.05, 0.1) is 11.7 Å². The van der Waals surface area contributed by atoms with Crippen molar-refractivity contribution in [2.45, 2.75) is 38.8 Å². The maximum absolute atomic E-state index is 13.9. The molecule has 1 aromatic heterocycles. The van der Waals surface area contributed by atoms with E-state index in [9.17, 15) is 9.50 Å². The van der Waals surface area contributed by atoms with Crippen molar-refractivity contribution in [1.29, 1.82) is 0 Å².